The van der Waals surface area contributed by atoms with Crippen molar-refractivity contribution in [1.82, 2.24) is 10.5 Å². The van der Waals surface area contributed by atoms with Gasteiger partial charge < -0.3 is 14.9 Å². The molecule has 0 saturated carbocycles. The maximum Gasteiger partial charge on any atom is 0.341 e. The molecule has 1 aromatic carbocycles. The third-order valence-corrected chi connectivity index (χ3v) is 2.49. The van der Waals surface area contributed by atoms with Crippen LogP contribution in [-0.2, 0) is 13.1 Å². The molecule has 0 unspecified atom stereocenters. The van der Waals surface area contributed by atoms with Gasteiger partial charge in [0, 0.05) is 18.2 Å². The molecule has 1 aromatic heterocycles. The van der Waals surface area contributed by atoms with E-state index in [4.69, 9.17) is 9.63 Å². The Balaban J connectivity index is 1.96. The van der Waals surface area contributed by atoms with Gasteiger partial charge in [-0.15, -0.1) is 0 Å². The maximum atomic E-state index is 13.3. The number of rotatable bonds is 5. The number of aromatic carboxylic acids is 1. The van der Waals surface area contributed by atoms with Crippen LogP contribution in [0, 0.1) is 11.6 Å². The van der Waals surface area contributed by atoms with Crippen molar-refractivity contribution >= 4 is 5.97 Å². The van der Waals surface area contributed by atoms with Crippen LogP contribution in [0.15, 0.2) is 28.9 Å². The average Bonchev–Trinajstić information content (AvgIpc) is 2.80. The second-order valence-corrected chi connectivity index (χ2v) is 3.81. The van der Waals surface area contributed by atoms with E-state index in [9.17, 15) is 13.6 Å². The molecule has 2 rings (SSSR count). The van der Waals surface area contributed by atoms with Gasteiger partial charge in [0.2, 0.25) is 0 Å². The summed E-state index contributed by atoms with van der Waals surface area (Å²) in [6.07, 6.45) is 1.10. The van der Waals surface area contributed by atoms with Crippen molar-refractivity contribution in [3.63, 3.8) is 0 Å². The van der Waals surface area contributed by atoms with Crippen LogP contribution in [0.5, 0.6) is 0 Å². The van der Waals surface area contributed by atoms with Gasteiger partial charge in [-0.25, -0.2) is 13.6 Å². The summed E-state index contributed by atoms with van der Waals surface area (Å²) in [5, 5.41) is 15.0. The molecular formula is C12H10F2N2O3. The number of nitrogens with zero attached hydrogens (tertiary/aromatic N) is 1. The molecule has 19 heavy (non-hydrogen) atoms. The largest absolute Gasteiger partial charge is 0.478 e. The van der Waals surface area contributed by atoms with E-state index in [1.807, 2.05) is 0 Å². The second kappa shape index (κ2) is 5.57. The lowest BCUT2D eigenvalue weighted by Crippen LogP contribution is -2.15. The fourth-order valence-corrected chi connectivity index (χ4v) is 1.54. The number of carboxylic acids is 1. The fraction of sp³-hybridized carbons (Fsp3) is 0.167. The van der Waals surface area contributed by atoms with Crippen molar-refractivity contribution in [3.05, 3.63) is 52.9 Å². The summed E-state index contributed by atoms with van der Waals surface area (Å²) in [5.74, 6) is -2.31. The first-order valence-electron chi connectivity index (χ1n) is 5.39. The van der Waals surface area contributed by atoms with E-state index in [1.54, 1.807) is 0 Å². The molecule has 0 aliphatic rings. The summed E-state index contributed by atoms with van der Waals surface area (Å²) in [6, 6.07) is 3.25. The Labute approximate surface area is 106 Å². The van der Waals surface area contributed by atoms with Crippen LogP contribution >= 0.6 is 0 Å². The molecule has 0 fully saturated rings. The van der Waals surface area contributed by atoms with Crippen LogP contribution in [0.4, 0.5) is 8.78 Å². The van der Waals surface area contributed by atoms with E-state index in [1.165, 1.54) is 6.07 Å². The quantitative estimate of drug-likeness (QED) is 0.866. The Kier molecular flexibility index (Phi) is 3.86. The normalized spacial score (nSPS) is 10.6. The van der Waals surface area contributed by atoms with Gasteiger partial charge >= 0.3 is 5.97 Å². The summed E-state index contributed by atoms with van der Waals surface area (Å²) in [6.45, 7) is 0.199. The van der Waals surface area contributed by atoms with E-state index < -0.39 is 17.6 Å². The van der Waals surface area contributed by atoms with Crippen molar-refractivity contribution in [2.45, 2.75) is 13.1 Å². The fourth-order valence-electron chi connectivity index (χ4n) is 1.54. The molecule has 2 aromatic rings. The number of aromatic nitrogens is 1. The molecule has 0 aliphatic carbocycles. The first-order chi connectivity index (χ1) is 9.08. The van der Waals surface area contributed by atoms with Gasteiger partial charge in [0.05, 0.1) is 12.7 Å². The second-order valence-electron chi connectivity index (χ2n) is 3.81. The van der Waals surface area contributed by atoms with E-state index in [0.717, 1.165) is 18.3 Å². The summed E-state index contributed by atoms with van der Waals surface area (Å²) in [4.78, 5) is 10.8. The summed E-state index contributed by atoms with van der Waals surface area (Å²) in [5.41, 5.74) is 0.227. The zero-order valence-corrected chi connectivity index (χ0v) is 9.69. The highest BCUT2D eigenvalue weighted by Crippen LogP contribution is 2.11. The molecule has 0 atom stereocenters. The van der Waals surface area contributed by atoms with Crippen LogP contribution in [-0.4, -0.2) is 16.2 Å². The number of nitrogens with one attached hydrogen (secondary N) is 1. The highest BCUT2D eigenvalue weighted by atomic mass is 19.1. The first-order valence-corrected chi connectivity index (χ1v) is 5.39. The minimum absolute atomic E-state index is 0.0490. The van der Waals surface area contributed by atoms with E-state index >= 15 is 0 Å². The maximum absolute atomic E-state index is 13.3. The van der Waals surface area contributed by atoms with Crippen LogP contribution in [0.25, 0.3) is 0 Å². The molecule has 0 radical (unpaired) electrons. The Morgan fingerprint density at radius 1 is 1.37 bits per heavy atom. The standard InChI is InChI=1S/C12H10F2N2O3/c13-8-2-1-7(10(14)3-8)4-15-6-11-9(12(17)18)5-16-19-11/h1-3,5,15H,4,6H2,(H,17,18). The van der Waals surface area contributed by atoms with E-state index in [-0.39, 0.29) is 30.0 Å². The first kappa shape index (κ1) is 13.2. The highest BCUT2D eigenvalue weighted by molar-refractivity contribution is 5.88. The Morgan fingerprint density at radius 2 is 2.16 bits per heavy atom. The molecule has 5 nitrogen and oxygen atoms in total. The van der Waals surface area contributed by atoms with Crippen LogP contribution in [0.3, 0.4) is 0 Å². The zero-order chi connectivity index (χ0) is 13.8. The van der Waals surface area contributed by atoms with Gasteiger partial charge in [-0.1, -0.05) is 11.2 Å². The van der Waals surface area contributed by atoms with E-state index in [2.05, 4.69) is 10.5 Å². The van der Waals surface area contributed by atoms with Crippen molar-refractivity contribution < 1.29 is 23.2 Å². The van der Waals surface area contributed by atoms with Crippen LogP contribution < -0.4 is 5.32 Å². The zero-order valence-electron chi connectivity index (χ0n) is 9.69. The predicted octanol–water partition coefficient (Wildman–Crippen LogP) is 1.94. The molecule has 7 heteroatoms. The molecule has 0 aliphatic heterocycles. The lowest BCUT2D eigenvalue weighted by Gasteiger charge is -2.04. The topological polar surface area (TPSA) is 75.4 Å². The van der Waals surface area contributed by atoms with E-state index in [0.29, 0.717) is 0 Å². The SMILES string of the molecule is O=C(O)c1cnoc1CNCc1ccc(F)cc1F. The Bertz CT molecular complexity index is 598. The van der Waals surface area contributed by atoms with Gasteiger partial charge in [-0.05, 0) is 6.07 Å². The molecule has 1 heterocycles. The third-order valence-electron chi connectivity index (χ3n) is 2.49. The lowest BCUT2D eigenvalue weighted by molar-refractivity contribution is 0.0694. The van der Waals surface area contributed by atoms with Crippen molar-refractivity contribution in [3.8, 4) is 0 Å². The molecule has 0 bridgehead atoms. The van der Waals surface area contributed by atoms with Gasteiger partial charge in [0.15, 0.2) is 5.76 Å². The van der Waals surface area contributed by atoms with Crippen molar-refractivity contribution in [1.29, 1.82) is 0 Å². The van der Waals surface area contributed by atoms with Gasteiger partial charge in [0.1, 0.15) is 17.2 Å². The number of carbonyl (C=O) groups is 1. The van der Waals surface area contributed by atoms with Gasteiger partial charge in [0.25, 0.3) is 0 Å². The van der Waals surface area contributed by atoms with Gasteiger partial charge in [-0.3, -0.25) is 0 Å². The molecule has 100 valence electrons. The smallest absolute Gasteiger partial charge is 0.341 e. The highest BCUT2D eigenvalue weighted by Gasteiger charge is 2.14. The third kappa shape index (κ3) is 3.14. The summed E-state index contributed by atoms with van der Waals surface area (Å²) < 4.78 is 30.8. The number of hydrogen-bond donors (Lipinski definition) is 2. The van der Waals surface area contributed by atoms with Crippen molar-refractivity contribution in [2.24, 2.45) is 0 Å². The molecule has 0 spiro atoms. The minimum atomic E-state index is -1.15. The predicted molar refractivity (Wildman–Crippen MR) is 60.4 cm³/mol. The monoisotopic (exact) mass is 268 g/mol. The molecule has 2 N–H and O–H groups in total. The van der Waals surface area contributed by atoms with Gasteiger partial charge in [-0.2, -0.15) is 0 Å². The van der Waals surface area contributed by atoms with Crippen LogP contribution in [0.1, 0.15) is 21.7 Å². The number of hydrogen-bond acceptors (Lipinski definition) is 4. The minimum Gasteiger partial charge on any atom is -0.478 e. The summed E-state index contributed by atoms with van der Waals surface area (Å²) in [7, 11) is 0. The molecule has 0 saturated heterocycles. The number of carboxylic acid groups (broad SMARTS) is 1. The van der Waals surface area contributed by atoms with Crippen LogP contribution in [0.2, 0.25) is 0 Å². The average molecular weight is 268 g/mol. The summed E-state index contributed by atoms with van der Waals surface area (Å²) >= 11 is 0. The molecule has 0 amide bonds. The number of benzene rings is 1. The van der Waals surface area contributed by atoms with Crippen molar-refractivity contribution in [2.75, 3.05) is 0 Å². The molecular weight excluding hydrogens is 258 g/mol. The Morgan fingerprint density at radius 3 is 2.84 bits per heavy atom. The number of halogens is 2. The Hall–Kier alpha value is -2.28. The lowest BCUT2D eigenvalue weighted by atomic mass is 10.2.